The fourth-order valence-electron chi connectivity index (χ4n) is 0.800. The van der Waals surface area contributed by atoms with E-state index < -0.39 is 24.7 Å². The Balaban J connectivity index is 3.65. The number of rotatable bonds is 6. The Morgan fingerprint density at radius 3 is 2.17 bits per heavy atom. The third kappa shape index (κ3) is 4.27. The minimum atomic E-state index is -1.48. The molecule has 0 spiro atoms. The number of primary amides is 1. The highest BCUT2D eigenvalue weighted by Gasteiger charge is 2.24. The molecule has 0 aliphatic heterocycles. The van der Waals surface area contributed by atoms with E-state index in [0.29, 0.717) is 6.42 Å². The van der Waals surface area contributed by atoms with Crippen molar-refractivity contribution in [3.05, 3.63) is 0 Å². The van der Waals surface area contributed by atoms with Crippen molar-refractivity contribution in [2.45, 2.75) is 24.9 Å². The summed E-state index contributed by atoms with van der Waals surface area (Å²) >= 11 is 0. The van der Waals surface area contributed by atoms with E-state index in [1.807, 2.05) is 0 Å². The number of nitrogens with two attached hydrogens (primary N) is 1. The summed E-state index contributed by atoms with van der Waals surface area (Å²) in [6.45, 7) is -1.02. The van der Waals surface area contributed by atoms with Gasteiger partial charge in [-0.05, 0) is 12.8 Å². The lowest BCUT2D eigenvalue weighted by atomic mass is 9.99. The number of carbonyl (C=O) groups is 1. The molecule has 0 saturated heterocycles. The van der Waals surface area contributed by atoms with Gasteiger partial charge in [-0.2, -0.15) is 0 Å². The summed E-state index contributed by atoms with van der Waals surface area (Å²) in [7, 11) is 0. The first kappa shape index (κ1) is 11.4. The normalized spacial score (nSPS) is 11.6. The Hall–Kier alpha value is -0.650. The van der Waals surface area contributed by atoms with Crippen LogP contribution in [0.5, 0.6) is 0 Å². The highest BCUT2D eigenvalue weighted by Crippen LogP contribution is 2.12. The first-order valence-electron chi connectivity index (χ1n) is 3.76. The SMILES string of the molecule is NC(=O)CCCC(O)(CO)CO. The Morgan fingerprint density at radius 1 is 1.33 bits per heavy atom. The van der Waals surface area contributed by atoms with Gasteiger partial charge in [0.25, 0.3) is 0 Å². The van der Waals surface area contributed by atoms with Crippen LogP contribution in [0.2, 0.25) is 0 Å². The van der Waals surface area contributed by atoms with Gasteiger partial charge in [-0.3, -0.25) is 4.79 Å². The van der Waals surface area contributed by atoms with Gasteiger partial charge in [0.05, 0.1) is 13.2 Å². The summed E-state index contributed by atoms with van der Waals surface area (Å²) in [6, 6.07) is 0. The maximum Gasteiger partial charge on any atom is 0.217 e. The molecule has 0 unspecified atom stereocenters. The van der Waals surface area contributed by atoms with E-state index in [-0.39, 0.29) is 12.8 Å². The molecule has 0 aliphatic rings. The van der Waals surface area contributed by atoms with Crippen LogP contribution in [-0.2, 0) is 4.79 Å². The molecule has 72 valence electrons. The molecule has 12 heavy (non-hydrogen) atoms. The Kier molecular flexibility index (Phi) is 4.80. The largest absolute Gasteiger partial charge is 0.393 e. The van der Waals surface area contributed by atoms with E-state index in [9.17, 15) is 9.90 Å². The lowest BCUT2D eigenvalue weighted by Gasteiger charge is -2.22. The van der Waals surface area contributed by atoms with Gasteiger partial charge in [-0.1, -0.05) is 0 Å². The second kappa shape index (κ2) is 5.08. The molecule has 0 bridgehead atoms. The van der Waals surface area contributed by atoms with Crippen molar-refractivity contribution in [2.75, 3.05) is 13.2 Å². The highest BCUT2D eigenvalue weighted by molar-refractivity contribution is 5.73. The topological polar surface area (TPSA) is 104 Å². The lowest BCUT2D eigenvalue weighted by molar-refractivity contribution is -0.118. The van der Waals surface area contributed by atoms with Crippen LogP contribution < -0.4 is 5.73 Å². The molecular weight excluding hydrogens is 162 g/mol. The Morgan fingerprint density at radius 2 is 1.83 bits per heavy atom. The van der Waals surface area contributed by atoms with Gasteiger partial charge >= 0.3 is 0 Å². The van der Waals surface area contributed by atoms with Gasteiger partial charge in [0.1, 0.15) is 5.60 Å². The van der Waals surface area contributed by atoms with Crippen LogP contribution in [-0.4, -0.2) is 40.0 Å². The monoisotopic (exact) mass is 177 g/mol. The number of aliphatic hydroxyl groups excluding tert-OH is 2. The molecule has 0 radical (unpaired) electrons. The molecule has 0 atom stereocenters. The summed E-state index contributed by atoms with van der Waals surface area (Å²) in [6.07, 6.45) is 0.693. The van der Waals surface area contributed by atoms with Gasteiger partial charge < -0.3 is 21.1 Å². The third-order valence-electron chi connectivity index (χ3n) is 1.65. The second-order valence-corrected chi connectivity index (χ2v) is 2.86. The lowest BCUT2D eigenvalue weighted by Crippen LogP contribution is -2.37. The van der Waals surface area contributed by atoms with Crippen LogP contribution in [0.25, 0.3) is 0 Å². The molecule has 1 amide bonds. The van der Waals surface area contributed by atoms with Gasteiger partial charge in [0.15, 0.2) is 0 Å². The van der Waals surface area contributed by atoms with Gasteiger partial charge in [-0.15, -0.1) is 0 Å². The van der Waals surface area contributed by atoms with Crippen LogP contribution in [0.4, 0.5) is 0 Å². The van der Waals surface area contributed by atoms with Crippen LogP contribution >= 0.6 is 0 Å². The molecule has 0 aromatic rings. The van der Waals surface area contributed by atoms with Crippen molar-refractivity contribution in [3.8, 4) is 0 Å². The fourth-order valence-corrected chi connectivity index (χ4v) is 0.800. The molecule has 0 aliphatic carbocycles. The molecule has 5 nitrogen and oxygen atoms in total. The Bertz CT molecular complexity index is 144. The van der Waals surface area contributed by atoms with Crippen molar-refractivity contribution in [3.63, 3.8) is 0 Å². The molecule has 0 fully saturated rings. The third-order valence-corrected chi connectivity index (χ3v) is 1.65. The van der Waals surface area contributed by atoms with E-state index in [1.54, 1.807) is 0 Å². The highest BCUT2D eigenvalue weighted by atomic mass is 16.4. The van der Waals surface area contributed by atoms with Crippen LogP contribution in [0.3, 0.4) is 0 Å². The number of carbonyl (C=O) groups excluding carboxylic acids is 1. The quantitative estimate of drug-likeness (QED) is 0.390. The second-order valence-electron chi connectivity index (χ2n) is 2.86. The van der Waals surface area contributed by atoms with Gasteiger partial charge in [-0.25, -0.2) is 0 Å². The van der Waals surface area contributed by atoms with E-state index in [0.717, 1.165) is 0 Å². The standard InChI is InChI=1S/C7H15NO4/c8-6(11)2-1-3-7(12,4-9)5-10/h9-10,12H,1-5H2,(H2,8,11). The van der Waals surface area contributed by atoms with Gasteiger partial charge in [0.2, 0.25) is 5.91 Å². The summed E-state index contributed by atoms with van der Waals surface area (Å²) in [5.74, 6) is -0.451. The predicted molar refractivity (Wildman–Crippen MR) is 42.2 cm³/mol. The number of hydrogen-bond acceptors (Lipinski definition) is 4. The molecule has 0 aromatic carbocycles. The van der Waals surface area contributed by atoms with E-state index in [2.05, 4.69) is 0 Å². The van der Waals surface area contributed by atoms with Crippen LogP contribution in [0.1, 0.15) is 19.3 Å². The average Bonchev–Trinajstić information content (AvgIpc) is 2.03. The number of aliphatic hydroxyl groups is 3. The van der Waals surface area contributed by atoms with Gasteiger partial charge in [0, 0.05) is 6.42 Å². The van der Waals surface area contributed by atoms with Crippen molar-refractivity contribution in [1.29, 1.82) is 0 Å². The predicted octanol–water partition coefficient (Wildman–Crippen LogP) is -1.64. The number of hydrogen-bond donors (Lipinski definition) is 4. The van der Waals surface area contributed by atoms with E-state index >= 15 is 0 Å². The zero-order chi connectivity index (χ0) is 9.61. The average molecular weight is 177 g/mol. The van der Waals surface area contributed by atoms with Crippen molar-refractivity contribution < 1.29 is 20.1 Å². The summed E-state index contributed by atoms with van der Waals surface area (Å²) < 4.78 is 0. The van der Waals surface area contributed by atoms with Crippen molar-refractivity contribution in [2.24, 2.45) is 5.73 Å². The van der Waals surface area contributed by atoms with E-state index in [4.69, 9.17) is 15.9 Å². The maximum absolute atomic E-state index is 10.3. The molecule has 5 heteroatoms. The smallest absolute Gasteiger partial charge is 0.217 e. The zero-order valence-corrected chi connectivity index (χ0v) is 6.86. The molecule has 0 heterocycles. The van der Waals surface area contributed by atoms with Crippen molar-refractivity contribution >= 4 is 5.91 Å². The van der Waals surface area contributed by atoms with Crippen LogP contribution in [0.15, 0.2) is 0 Å². The minimum Gasteiger partial charge on any atom is -0.393 e. The first-order valence-corrected chi connectivity index (χ1v) is 3.76. The van der Waals surface area contributed by atoms with E-state index in [1.165, 1.54) is 0 Å². The first-order chi connectivity index (χ1) is 5.54. The molecule has 0 aromatic heterocycles. The number of amides is 1. The Labute approximate surface area is 70.8 Å². The molecule has 0 rings (SSSR count). The summed E-state index contributed by atoms with van der Waals surface area (Å²) in [5, 5.41) is 26.5. The summed E-state index contributed by atoms with van der Waals surface area (Å²) in [4.78, 5) is 10.3. The fraction of sp³-hybridized carbons (Fsp3) is 0.857. The zero-order valence-electron chi connectivity index (χ0n) is 6.86. The molecule has 5 N–H and O–H groups in total. The summed E-state index contributed by atoms with van der Waals surface area (Å²) in [5.41, 5.74) is 3.38. The van der Waals surface area contributed by atoms with Crippen LogP contribution in [0, 0.1) is 0 Å². The maximum atomic E-state index is 10.3. The van der Waals surface area contributed by atoms with Crippen molar-refractivity contribution in [1.82, 2.24) is 0 Å². The minimum absolute atomic E-state index is 0.155. The molecular formula is C7H15NO4. The molecule has 0 saturated carbocycles.